The highest BCUT2D eigenvalue weighted by Gasteiger charge is 2.34. The number of benzene rings is 5. The Hall–Kier alpha value is -4.12. The lowest BCUT2D eigenvalue weighted by Gasteiger charge is -2.29. The van der Waals surface area contributed by atoms with Gasteiger partial charge in [-0.25, -0.2) is 0 Å². The largest absolute Gasteiger partial charge is 0.294 e. The van der Waals surface area contributed by atoms with Gasteiger partial charge in [-0.2, -0.15) is 0 Å². The highest BCUT2D eigenvalue weighted by Crippen LogP contribution is 2.46. The normalized spacial score (nSPS) is 14.9. The third kappa shape index (κ3) is 4.05. The van der Waals surface area contributed by atoms with Gasteiger partial charge in [0, 0.05) is 39.6 Å². The van der Waals surface area contributed by atoms with Crippen LogP contribution >= 0.6 is 0 Å². The summed E-state index contributed by atoms with van der Waals surface area (Å²) in [5, 5.41) is 6.94. The molecule has 0 fully saturated rings. The zero-order valence-electron chi connectivity index (χ0n) is 24.2. The summed E-state index contributed by atoms with van der Waals surface area (Å²) in [7, 11) is 0. The van der Waals surface area contributed by atoms with Gasteiger partial charge in [0.05, 0.1) is 6.42 Å². The maximum Gasteiger partial charge on any atom is 0.261 e. The van der Waals surface area contributed by atoms with Gasteiger partial charge in [-0.3, -0.25) is 24.1 Å². The number of fused-ring (bicyclic) bond motifs is 2. The molecule has 2 aliphatic rings. The SMILES string of the molecule is CCCCCCCCCCCCN1C(=O)c2ccc3c4ccc5c6c(ccc(c7ccc(c2c37)C1=O)c64)C(=O)CC5=O. The number of amides is 2. The van der Waals surface area contributed by atoms with E-state index in [0.29, 0.717) is 34.2 Å². The molecule has 0 bridgehead atoms. The third-order valence-electron chi connectivity index (χ3n) is 9.51. The van der Waals surface area contributed by atoms with Crippen LogP contribution in [0.15, 0.2) is 48.5 Å². The summed E-state index contributed by atoms with van der Waals surface area (Å²) in [4.78, 5) is 54.4. The van der Waals surface area contributed by atoms with Crippen molar-refractivity contribution < 1.29 is 19.2 Å². The Bertz CT molecular complexity index is 1820. The number of imide groups is 1. The third-order valence-corrected chi connectivity index (χ3v) is 9.51. The topological polar surface area (TPSA) is 71.5 Å². The van der Waals surface area contributed by atoms with E-state index in [9.17, 15) is 19.2 Å². The van der Waals surface area contributed by atoms with Crippen molar-refractivity contribution >= 4 is 66.5 Å². The van der Waals surface area contributed by atoms with Crippen molar-refractivity contribution in [2.24, 2.45) is 0 Å². The minimum absolute atomic E-state index is 0.0977. The van der Waals surface area contributed by atoms with Crippen LogP contribution in [0.1, 0.15) is 119 Å². The highest BCUT2D eigenvalue weighted by atomic mass is 16.2. The average Bonchev–Trinajstić information content (AvgIpc) is 3.00. The molecule has 2 amide bonds. The number of carbonyl (C=O) groups excluding carboxylic acids is 4. The molecule has 1 heterocycles. The number of hydrogen-bond acceptors (Lipinski definition) is 4. The maximum absolute atomic E-state index is 13.7. The lowest BCUT2D eigenvalue weighted by atomic mass is 9.80. The van der Waals surface area contributed by atoms with Crippen molar-refractivity contribution in [2.45, 2.75) is 77.6 Å². The Morgan fingerprint density at radius 1 is 0.476 bits per heavy atom. The van der Waals surface area contributed by atoms with E-state index in [1.165, 1.54) is 49.8 Å². The second-order valence-electron chi connectivity index (χ2n) is 12.1. The van der Waals surface area contributed by atoms with Crippen LogP contribution in [0.2, 0.25) is 0 Å². The van der Waals surface area contributed by atoms with Gasteiger partial charge >= 0.3 is 0 Å². The van der Waals surface area contributed by atoms with Gasteiger partial charge < -0.3 is 0 Å². The Morgan fingerprint density at radius 3 is 1.31 bits per heavy atom. The van der Waals surface area contributed by atoms with Crippen LogP contribution in [0, 0.1) is 0 Å². The van der Waals surface area contributed by atoms with Crippen LogP contribution in [-0.4, -0.2) is 34.8 Å². The summed E-state index contributed by atoms with van der Waals surface area (Å²) in [5.41, 5.74) is 2.31. The first-order valence-electron chi connectivity index (χ1n) is 15.6. The first-order valence-corrected chi connectivity index (χ1v) is 15.6. The van der Waals surface area contributed by atoms with Gasteiger partial charge in [0.25, 0.3) is 11.8 Å². The molecule has 0 unspecified atom stereocenters. The van der Waals surface area contributed by atoms with Crippen molar-refractivity contribution in [2.75, 3.05) is 6.54 Å². The van der Waals surface area contributed by atoms with Crippen LogP contribution in [0.5, 0.6) is 0 Å². The lowest BCUT2D eigenvalue weighted by molar-refractivity contribution is 0.0607. The van der Waals surface area contributed by atoms with E-state index in [2.05, 4.69) is 6.92 Å². The monoisotopic (exact) mass is 557 g/mol. The number of Topliss-reactive ketones (excluding diaryl/α,β-unsaturated/α-hetero) is 2. The zero-order valence-corrected chi connectivity index (χ0v) is 24.2. The molecule has 0 saturated carbocycles. The quantitative estimate of drug-likeness (QED) is 0.0534. The zero-order chi connectivity index (χ0) is 29.0. The van der Waals surface area contributed by atoms with Crippen LogP contribution in [-0.2, 0) is 0 Å². The number of ketones is 2. The van der Waals surface area contributed by atoms with Crippen molar-refractivity contribution in [3.63, 3.8) is 0 Å². The molecule has 212 valence electrons. The molecule has 0 N–H and O–H groups in total. The second kappa shape index (κ2) is 10.6. The smallest absolute Gasteiger partial charge is 0.261 e. The lowest BCUT2D eigenvalue weighted by Crippen LogP contribution is -2.40. The average molecular weight is 558 g/mol. The molecule has 5 aromatic carbocycles. The number of hydrogen-bond donors (Lipinski definition) is 0. The van der Waals surface area contributed by atoms with E-state index in [0.717, 1.165) is 57.0 Å². The van der Waals surface area contributed by atoms with Crippen molar-refractivity contribution in [3.05, 3.63) is 70.8 Å². The molecule has 5 heteroatoms. The van der Waals surface area contributed by atoms with Crippen molar-refractivity contribution in [1.29, 1.82) is 0 Å². The number of nitrogens with zero attached hydrogens (tertiary/aromatic N) is 1. The first kappa shape index (κ1) is 26.8. The van der Waals surface area contributed by atoms with E-state index >= 15 is 0 Å². The summed E-state index contributed by atoms with van der Waals surface area (Å²) < 4.78 is 0. The molecule has 0 radical (unpaired) electrons. The number of carbonyl (C=O) groups is 4. The van der Waals surface area contributed by atoms with E-state index in [4.69, 9.17) is 0 Å². The van der Waals surface area contributed by atoms with E-state index < -0.39 is 0 Å². The van der Waals surface area contributed by atoms with E-state index in [1.54, 1.807) is 0 Å². The summed E-state index contributed by atoms with van der Waals surface area (Å²) in [5.74, 6) is -0.740. The summed E-state index contributed by atoms with van der Waals surface area (Å²) >= 11 is 0. The van der Waals surface area contributed by atoms with Gasteiger partial charge in [-0.15, -0.1) is 0 Å². The Labute approximate surface area is 245 Å². The predicted molar refractivity (Wildman–Crippen MR) is 168 cm³/mol. The van der Waals surface area contributed by atoms with Gasteiger partial charge in [0.2, 0.25) is 0 Å². The molecule has 5 aromatic rings. The fourth-order valence-electron chi connectivity index (χ4n) is 7.39. The molecular weight excluding hydrogens is 522 g/mol. The standard InChI is InChI=1S/C37H35NO4/c1-2-3-4-5-6-7-8-9-10-11-20-38-36(41)28-18-14-24-22-12-16-26-30(39)21-31(40)27-17-13-23(32(22)34(26)27)25-15-19-29(37(38)42)35(28)33(24)25/h12-19H,2-11,20-21H2,1H3. The van der Waals surface area contributed by atoms with Gasteiger partial charge in [0.1, 0.15) is 0 Å². The van der Waals surface area contributed by atoms with E-state index in [1.807, 2.05) is 48.5 Å². The summed E-state index contributed by atoms with van der Waals surface area (Å²) in [6.45, 7) is 2.68. The van der Waals surface area contributed by atoms with Crippen LogP contribution in [0.4, 0.5) is 0 Å². The first-order chi connectivity index (χ1) is 20.5. The molecule has 42 heavy (non-hydrogen) atoms. The molecule has 0 atom stereocenters. The molecule has 0 spiro atoms. The fraction of sp³-hybridized carbons (Fsp3) is 0.351. The molecule has 5 nitrogen and oxygen atoms in total. The minimum atomic E-state index is -0.223. The van der Waals surface area contributed by atoms with Gasteiger partial charge in [-0.05, 0) is 50.9 Å². The molecule has 0 saturated heterocycles. The number of rotatable bonds is 11. The molecule has 0 aromatic heterocycles. The van der Waals surface area contributed by atoms with Crippen LogP contribution in [0.25, 0.3) is 43.1 Å². The van der Waals surface area contributed by atoms with Crippen LogP contribution < -0.4 is 0 Å². The molecular formula is C37H35NO4. The maximum atomic E-state index is 13.7. The van der Waals surface area contributed by atoms with Crippen molar-refractivity contribution in [3.8, 4) is 0 Å². The van der Waals surface area contributed by atoms with Crippen molar-refractivity contribution in [1.82, 2.24) is 4.90 Å². The van der Waals surface area contributed by atoms with Gasteiger partial charge in [0.15, 0.2) is 11.6 Å². The van der Waals surface area contributed by atoms with Crippen LogP contribution in [0.3, 0.4) is 0 Å². The summed E-state index contributed by atoms with van der Waals surface area (Å²) in [6, 6.07) is 15.2. The van der Waals surface area contributed by atoms with Gasteiger partial charge in [-0.1, -0.05) is 101 Å². The van der Waals surface area contributed by atoms with E-state index in [-0.39, 0.29) is 29.8 Å². The Morgan fingerprint density at radius 2 is 0.857 bits per heavy atom. The number of unbranched alkanes of at least 4 members (excludes halogenated alkanes) is 9. The molecule has 1 aliphatic heterocycles. The predicted octanol–water partition coefficient (Wildman–Crippen LogP) is 9.02. The summed E-state index contributed by atoms with van der Waals surface area (Å²) in [6.07, 6.45) is 11.9. The second-order valence-corrected chi connectivity index (χ2v) is 12.1. The Kier molecular flexibility index (Phi) is 6.76. The minimum Gasteiger partial charge on any atom is -0.294 e. The Balaban J connectivity index is 1.21. The molecule has 1 aliphatic carbocycles. The highest BCUT2D eigenvalue weighted by molar-refractivity contribution is 6.41. The fourth-order valence-corrected chi connectivity index (χ4v) is 7.39. The molecule has 7 rings (SSSR count).